The second-order valence-corrected chi connectivity index (χ2v) is 7.08. The van der Waals surface area contributed by atoms with Crippen molar-refractivity contribution in [3.05, 3.63) is 42.6 Å². The maximum Gasteiger partial charge on any atom is 0.238 e. The molecule has 25 heavy (non-hydrogen) atoms. The Labute approximate surface area is 142 Å². The van der Waals surface area contributed by atoms with E-state index in [9.17, 15) is 8.42 Å². The van der Waals surface area contributed by atoms with Gasteiger partial charge < -0.3 is 0 Å². The van der Waals surface area contributed by atoms with Crippen molar-refractivity contribution in [2.75, 3.05) is 0 Å². The fourth-order valence-electron chi connectivity index (χ4n) is 2.83. The molecule has 3 N–H and O–H groups in total. The molecule has 0 saturated carbocycles. The second kappa shape index (κ2) is 5.46. The smallest absolute Gasteiger partial charge is 0.238 e. The number of H-pyrrole nitrogens is 1. The van der Waals surface area contributed by atoms with Crippen LogP contribution in [0.15, 0.2) is 47.5 Å². The first-order chi connectivity index (χ1) is 11.9. The van der Waals surface area contributed by atoms with Crippen LogP contribution in [-0.4, -0.2) is 38.8 Å². The highest BCUT2D eigenvalue weighted by atomic mass is 32.2. The van der Waals surface area contributed by atoms with Crippen LogP contribution in [0.25, 0.3) is 33.4 Å². The van der Waals surface area contributed by atoms with Gasteiger partial charge in [0.05, 0.1) is 10.4 Å². The highest BCUT2D eigenvalue weighted by Gasteiger charge is 2.22. The Bertz CT molecular complexity index is 1180. The van der Waals surface area contributed by atoms with Gasteiger partial charge in [0.15, 0.2) is 5.82 Å². The number of benzene rings is 2. The molecule has 2 aromatic carbocycles. The maximum atomic E-state index is 12.0. The number of fused-ring (bicyclic) bond motifs is 1. The van der Waals surface area contributed by atoms with E-state index in [0.717, 1.165) is 16.5 Å². The Hall–Kier alpha value is -3.11. The number of hydrogen-bond donors (Lipinski definition) is 2. The van der Waals surface area contributed by atoms with E-state index in [1.165, 1.54) is 6.07 Å². The van der Waals surface area contributed by atoms with Crippen LogP contribution in [0.4, 0.5) is 0 Å². The number of hydrogen-bond acceptors (Lipinski definition) is 6. The molecule has 0 bridgehead atoms. The number of nitrogens with two attached hydrogens (primary N) is 1. The van der Waals surface area contributed by atoms with E-state index in [0.29, 0.717) is 11.1 Å². The van der Waals surface area contributed by atoms with Gasteiger partial charge in [-0.25, -0.2) is 18.7 Å². The van der Waals surface area contributed by atoms with Gasteiger partial charge in [-0.05, 0) is 39.8 Å². The van der Waals surface area contributed by atoms with E-state index in [-0.39, 0.29) is 10.7 Å². The first-order valence-corrected chi connectivity index (χ1v) is 8.82. The number of tetrazole rings is 1. The number of primary sulfonamides is 1. The van der Waals surface area contributed by atoms with Crippen molar-refractivity contribution in [2.24, 2.45) is 12.2 Å². The number of nitrogens with one attached hydrogen (secondary N) is 1. The molecule has 0 amide bonds. The molecule has 4 rings (SSSR count). The highest BCUT2D eigenvalue weighted by molar-refractivity contribution is 7.89. The quantitative estimate of drug-likeness (QED) is 0.565. The molecular formula is C15H13N7O2S. The van der Waals surface area contributed by atoms with Crippen molar-refractivity contribution < 1.29 is 8.42 Å². The van der Waals surface area contributed by atoms with E-state index in [4.69, 9.17) is 5.14 Å². The Morgan fingerprint density at radius 2 is 2.04 bits per heavy atom. The van der Waals surface area contributed by atoms with Crippen LogP contribution in [0.2, 0.25) is 0 Å². The summed E-state index contributed by atoms with van der Waals surface area (Å²) in [6.07, 6.45) is 1.89. The maximum absolute atomic E-state index is 12.0. The molecule has 0 aliphatic rings. The van der Waals surface area contributed by atoms with Crippen LogP contribution < -0.4 is 5.14 Å². The van der Waals surface area contributed by atoms with Gasteiger partial charge in [-0.2, -0.15) is 5.10 Å². The third-order valence-electron chi connectivity index (χ3n) is 3.84. The summed E-state index contributed by atoms with van der Waals surface area (Å²) in [7, 11) is -2.12. The van der Waals surface area contributed by atoms with Gasteiger partial charge in [0.1, 0.15) is 0 Å². The molecule has 0 atom stereocenters. The number of aromatic nitrogens is 6. The molecule has 0 saturated heterocycles. The number of sulfonamides is 1. The van der Waals surface area contributed by atoms with Gasteiger partial charge in [0, 0.05) is 24.2 Å². The van der Waals surface area contributed by atoms with Crippen molar-refractivity contribution in [1.29, 1.82) is 0 Å². The molecule has 126 valence electrons. The minimum atomic E-state index is -3.96. The topological polar surface area (TPSA) is 132 Å². The number of rotatable bonds is 3. The van der Waals surface area contributed by atoms with Crippen LogP contribution in [0.1, 0.15) is 0 Å². The Morgan fingerprint density at radius 1 is 1.20 bits per heavy atom. The van der Waals surface area contributed by atoms with Crippen molar-refractivity contribution in [1.82, 2.24) is 30.4 Å². The first kappa shape index (κ1) is 15.4. The minimum Gasteiger partial charge on any atom is -0.275 e. The molecule has 0 fully saturated rings. The molecule has 2 aromatic heterocycles. The van der Waals surface area contributed by atoms with Gasteiger partial charge in [-0.1, -0.05) is 18.2 Å². The third-order valence-corrected chi connectivity index (χ3v) is 4.80. The minimum absolute atomic E-state index is 0.0465. The number of nitrogens with zero attached hydrogens (tertiary/aromatic N) is 5. The molecule has 4 aromatic rings. The predicted molar refractivity (Wildman–Crippen MR) is 90.7 cm³/mol. The highest BCUT2D eigenvalue weighted by Crippen LogP contribution is 2.35. The van der Waals surface area contributed by atoms with Crippen LogP contribution in [0.5, 0.6) is 0 Å². The third kappa shape index (κ3) is 2.66. The summed E-state index contributed by atoms with van der Waals surface area (Å²) in [5, 5.41) is 24.2. The Morgan fingerprint density at radius 3 is 2.76 bits per heavy atom. The van der Waals surface area contributed by atoms with E-state index in [1.807, 2.05) is 31.4 Å². The van der Waals surface area contributed by atoms with Crippen LogP contribution in [0, 0.1) is 0 Å². The summed E-state index contributed by atoms with van der Waals surface area (Å²) in [6, 6.07) is 10.5. The zero-order valence-corrected chi connectivity index (χ0v) is 13.9. The van der Waals surface area contributed by atoms with Crippen LogP contribution in [0.3, 0.4) is 0 Å². The van der Waals surface area contributed by atoms with E-state index in [1.54, 1.807) is 16.8 Å². The van der Waals surface area contributed by atoms with E-state index < -0.39 is 10.0 Å². The van der Waals surface area contributed by atoms with Crippen molar-refractivity contribution >= 4 is 20.9 Å². The molecule has 0 unspecified atom stereocenters. The monoisotopic (exact) mass is 355 g/mol. The molecule has 2 heterocycles. The van der Waals surface area contributed by atoms with Crippen molar-refractivity contribution in [2.45, 2.75) is 4.90 Å². The lowest BCUT2D eigenvalue weighted by Crippen LogP contribution is -2.14. The summed E-state index contributed by atoms with van der Waals surface area (Å²) in [5.74, 6) is 0.228. The Balaban J connectivity index is 2.03. The normalized spacial score (nSPS) is 11.9. The standard InChI is InChI=1S/C15H13N7O2S/c1-22-8-10-7-9(5-6-12(10)19-22)11-3-2-4-13(25(16,23)24)14(11)15-17-20-21-18-15/h2-8H,1H3,(H2,16,23,24)(H,17,18,20,21). The van der Waals surface area contributed by atoms with Crippen LogP contribution >= 0.6 is 0 Å². The van der Waals surface area contributed by atoms with Gasteiger partial charge in [0.25, 0.3) is 0 Å². The van der Waals surface area contributed by atoms with E-state index >= 15 is 0 Å². The average Bonchev–Trinajstić information content (AvgIpc) is 3.20. The summed E-state index contributed by atoms with van der Waals surface area (Å²) < 4.78 is 25.8. The summed E-state index contributed by atoms with van der Waals surface area (Å²) in [6.45, 7) is 0. The zero-order chi connectivity index (χ0) is 17.6. The summed E-state index contributed by atoms with van der Waals surface area (Å²) in [4.78, 5) is -0.0465. The molecule has 0 radical (unpaired) electrons. The molecule has 0 aliphatic carbocycles. The van der Waals surface area contributed by atoms with Crippen molar-refractivity contribution in [3.8, 4) is 22.5 Å². The van der Waals surface area contributed by atoms with Gasteiger partial charge in [0.2, 0.25) is 10.0 Å². The predicted octanol–water partition coefficient (Wildman–Crippen LogP) is 1.07. The van der Waals surface area contributed by atoms with Gasteiger partial charge >= 0.3 is 0 Å². The average molecular weight is 355 g/mol. The summed E-state index contributed by atoms with van der Waals surface area (Å²) >= 11 is 0. The fraction of sp³-hybridized carbons (Fsp3) is 0.0667. The molecule has 10 heteroatoms. The van der Waals surface area contributed by atoms with Crippen LogP contribution in [-0.2, 0) is 17.1 Å². The molecule has 9 nitrogen and oxygen atoms in total. The SMILES string of the molecule is Cn1cc2cc(-c3cccc(S(N)(=O)=O)c3-c3nnn[nH]3)ccc2n1. The molecular weight excluding hydrogens is 342 g/mol. The lowest BCUT2D eigenvalue weighted by Gasteiger charge is -2.11. The molecule has 0 spiro atoms. The van der Waals surface area contributed by atoms with Crippen molar-refractivity contribution in [3.63, 3.8) is 0 Å². The van der Waals surface area contributed by atoms with E-state index in [2.05, 4.69) is 25.7 Å². The van der Waals surface area contributed by atoms with Gasteiger partial charge in [-0.15, -0.1) is 5.10 Å². The first-order valence-electron chi connectivity index (χ1n) is 7.27. The zero-order valence-electron chi connectivity index (χ0n) is 13.1. The molecule has 0 aliphatic heterocycles. The fourth-order valence-corrected chi connectivity index (χ4v) is 3.59. The largest absolute Gasteiger partial charge is 0.275 e. The Kier molecular flexibility index (Phi) is 3.37. The van der Waals surface area contributed by atoms with Gasteiger partial charge in [-0.3, -0.25) is 4.68 Å². The lowest BCUT2D eigenvalue weighted by atomic mass is 9.98. The summed E-state index contributed by atoms with van der Waals surface area (Å²) in [5.41, 5.74) is 2.63. The number of aromatic amines is 1. The number of aryl methyl sites for hydroxylation is 1. The second-order valence-electron chi connectivity index (χ2n) is 5.55. The lowest BCUT2D eigenvalue weighted by molar-refractivity contribution is 0.598.